The maximum atomic E-state index is 11.5. The number of carbonyl (C=O) groups is 1. The molecule has 7 nitrogen and oxygen atoms in total. The van der Waals surface area contributed by atoms with Gasteiger partial charge in [-0.2, -0.15) is 0 Å². The number of hydrogen-bond donors (Lipinski definition) is 3. The zero-order valence-electron chi connectivity index (χ0n) is 11.9. The van der Waals surface area contributed by atoms with Crippen molar-refractivity contribution in [2.45, 2.75) is 38.4 Å². The smallest absolute Gasteiger partial charge is 0.414 e. The molecule has 1 aliphatic rings. The third-order valence-corrected chi connectivity index (χ3v) is 2.76. The van der Waals surface area contributed by atoms with Crippen molar-refractivity contribution >= 4 is 12.0 Å². The van der Waals surface area contributed by atoms with Crippen LogP contribution in [0, 0.1) is 0 Å². The van der Waals surface area contributed by atoms with Gasteiger partial charge in [0.1, 0.15) is 5.60 Å². The lowest BCUT2D eigenvalue weighted by molar-refractivity contribution is -0.00915. The number of hydrogen-bond acceptors (Lipinski definition) is 6. The quantitative estimate of drug-likeness (QED) is 0.754. The Kier molecular flexibility index (Phi) is 3.92. The number of amides is 1. The number of anilines is 1. The Hall–Kier alpha value is -1.73. The van der Waals surface area contributed by atoms with E-state index < -0.39 is 17.3 Å². The average molecular weight is 280 g/mol. The van der Waals surface area contributed by atoms with Gasteiger partial charge in [-0.3, -0.25) is 5.32 Å². The maximum Gasteiger partial charge on any atom is 0.414 e. The summed E-state index contributed by atoms with van der Waals surface area (Å²) in [4.78, 5) is 19.6. The van der Waals surface area contributed by atoms with E-state index in [0.717, 1.165) is 5.56 Å². The number of aliphatic hydroxyl groups is 1. The fraction of sp³-hybridized carbons (Fsp3) is 0.615. The summed E-state index contributed by atoms with van der Waals surface area (Å²) in [6.07, 6.45) is 3.09. The Balaban J connectivity index is 1.89. The molecule has 1 amide bonds. The number of ether oxygens (including phenoxy) is 1. The predicted molar refractivity (Wildman–Crippen MR) is 73.4 cm³/mol. The highest BCUT2D eigenvalue weighted by molar-refractivity contribution is 5.82. The van der Waals surface area contributed by atoms with Crippen LogP contribution >= 0.6 is 0 Å². The molecule has 2 rings (SSSR count). The molecule has 1 aromatic rings. The van der Waals surface area contributed by atoms with E-state index in [0.29, 0.717) is 19.5 Å². The van der Waals surface area contributed by atoms with Crippen molar-refractivity contribution < 1.29 is 14.6 Å². The highest BCUT2D eigenvalue weighted by atomic mass is 16.6. The summed E-state index contributed by atoms with van der Waals surface area (Å²) in [5, 5.41) is 15.5. The molecule has 0 aromatic carbocycles. The van der Waals surface area contributed by atoms with Gasteiger partial charge in [0.2, 0.25) is 5.95 Å². The third-order valence-electron chi connectivity index (χ3n) is 2.76. The molecule has 1 fully saturated rings. The molecule has 0 spiro atoms. The lowest BCUT2D eigenvalue weighted by Gasteiger charge is -2.37. The first-order valence-corrected chi connectivity index (χ1v) is 6.50. The van der Waals surface area contributed by atoms with Crippen LogP contribution in [0.4, 0.5) is 10.7 Å². The minimum atomic E-state index is -0.705. The normalized spacial score (nSPS) is 17.2. The Morgan fingerprint density at radius 1 is 1.45 bits per heavy atom. The van der Waals surface area contributed by atoms with E-state index in [9.17, 15) is 9.90 Å². The van der Waals surface area contributed by atoms with Gasteiger partial charge >= 0.3 is 6.09 Å². The van der Waals surface area contributed by atoms with Gasteiger partial charge in [-0.05, 0) is 26.3 Å². The van der Waals surface area contributed by atoms with Crippen LogP contribution in [0.5, 0.6) is 0 Å². The number of aromatic nitrogens is 2. The molecule has 0 unspecified atom stereocenters. The number of carbonyl (C=O) groups excluding carboxylic acids is 1. The third kappa shape index (κ3) is 4.14. The summed E-state index contributed by atoms with van der Waals surface area (Å²) >= 11 is 0. The van der Waals surface area contributed by atoms with Gasteiger partial charge in [0, 0.05) is 31.9 Å². The van der Waals surface area contributed by atoms with Crippen molar-refractivity contribution in [3.05, 3.63) is 18.0 Å². The van der Waals surface area contributed by atoms with E-state index in [1.807, 2.05) is 0 Å². The summed E-state index contributed by atoms with van der Waals surface area (Å²) in [7, 11) is 0. The Bertz CT molecular complexity index is 477. The van der Waals surface area contributed by atoms with Crippen molar-refractivity contribution in [2.75, 3.05) is 18.4 Å². The second-order valence-electron chi connectivity index (χ2n) is 6.05. The van der Waals surface area contributed by atoms with Crippen LogP contribution < -0.4 is 10.6 Å². The van der Waals surface area contributed by atoms with Crippen LogP contribution in [0.1, 0.15) is 26.3 Å². The van der Waals surface area contributed by atoms with Crippen molar-refractivity contribution in [2.24, 2.45) is 0 Å². The van der Waals surface area contributed by atoms with E-state index in [4.69, 9.17) is 4.74 Å². The van der Waals surface area contributed by atoms with Gasteiger partial charge in [-0.1, -0.05) is 0 Å². The van der Waals surface area contributed by atoms with Crippen LogP contribution in [0.2, 0.25) is 0 Å². The molecule has 20 heavy (non-hydrogen) atoms. The van der Waals surface area contributed by atoms with Gasteiger partial charge in [-0.25, -0.2) is 14.8 Å². The van der Waals surface area contributed by atoms with Gasteiger partial charge in [-0.15, -0.1) is 0 Å². The molecule has 0 atom stereocenters. The second kappa shape index (κ2) is 5.34. The van der Waals surface area contributed by atoms with Crippen LogP contribution in [0.25, 0.3) is 0 Å². The standard InChI is InChI=1S/C13H20N4O3/c1-12(2,3)20-11(18)17-10-15-5-9(6-16-10)4-13(19)7-14-8-13/h5-6,14,19H,4,7-8H2,1-3H3,(H,15,16,17,18). The fourth-order valence-corrected chi connectivity index (χ4v) is 1.82. The van der Waals surface area contributed by atoms with Crippen molar-refractivity contribution in [3.8, 4) is 0 Å². The molecule has 1 aliphatic heterocycles. The van der Waals surface area contributed by atoms with E-state index in [1.54, 1.807) is 33.2 Å². The molecule has 0 aliphatic carbocycles. The lowest BCUT2D eigenvalue weighted by Crippen LogP contribution is -2.60. The fourth-order valence-electron chi connectivity index (χ4n) is 1.82. The first kappa shape index (κ1) is 14.7. The number of nitrogens with one attached hydrogen (secondary N) is 2. The van der Waals surface area contributed by atoms with Crippen molar-refractivity contribution in [3.63, 3.8) is 0 Å². The first-order valence-electron chi connectivity index (χ1n) is 6.50. The molecule has 2 heterocycles. The molecule has 7 heteroatoms. The predicted octanol–water partition coefficient (Wildman–Crippen LogP) is 0.700. The average Bonchev–Trinajstić information content (AvgIpc) is 2.27. The van der Waals surface area contributed by atoms with Crippen LogP contribution in [0.3, 0.4) is 0 Å². The van der Waals surface area contributed by atoms with Crippen LogP contribution in [-0.4, -0.2) is 45.5 Å². The van der Waals surface area contributed by atoms with Crippen LogP contribution in [0.15, 0.2) is 12.4 Å². The molecule has 0 saturated carbocycles. The van der Waals surface area contributed by atoms with Gasteiger partial charge in [0.25, 0.3) is 0 Å². The van der Waals surface area contributed by atoms with Gasteiger partial charge in [0.05, 0.1) is 5.60 Å². The largest absolute Gasteiger partial charge is 0.444 e. The van der Waals surface area contributed by atoms with Gasteiger partial charge < -0.3 is 15.2 Å². The van der Waals surface area contributed by atoms with Crippen molar-refractivity contribution in [1.82, 2.24) is 15.3 Å². The summed E-state index contributed by atoms with van der Waals surface area (Å²) < 4.78 is 5.10. The molecule has 3 N–H and O–H groups in total. The monoisotopic (exact) mass is 280 g/mol. The molecule has 1 aromatic heterocycles. The van der Waals surface area contributed by atoms with E-state index in [2.05, 4.69) is 20.6 Å². The summed E-state index contributed by atoms with van der Waals surface area (Å²) in [5.41, 5.74) is -0.447. The van der Waals surface area contributed by atoms with E-state index in [1.165, 1.54) is 0 Å². The van der Waals surface area contributed by atoms with Crippen LogP contribution in [-0.2, 0) is 11.2 Å². The molecular weight excluding hydrogens is 260 g/mol. The van der Waals surface area contributed by atoms with E-state index >= 15 is 0 Å². The minimum absolute atomic E-state index is 0.182. The molecule has 0 radical (unpaired) electrons. The molecule has 110 valence electrons. The summed E-state index contributed by atoms with van der Waals surface area (Å²) in [6.45, 7) is 6.49. The lowest BCUT2D eigenvalue weighted by atomic mass is 9.90. The summed E-state index contributed by atoms with van der Waals surface area (Å²) in [6, 6.07) is 0. The zero-order valence-corrected chi connectivity index (χ0v) is 11.9. The zero-order chi connectivity index (χ0) is 14.8. The molecule has 0 bridgehead atoms. The SMILES string of the molecule is CC(C)(C)OC(=O)Nc1ncc(CC2(O)CNC2)cn1. The topological polar surface area (TPSA) is 96.4 Å². The second-order valence-corrected chi connectivity index (χ2v) is 6.05. The Labute approximate surface area is 117 Å². The Morgan fingerprint density at radius 3 is 2.50 bits per heavy atom. The van der Waals surface area contributed by atoms with Gasteiger partial charge in [0.15, 0.2) is 0 Å². The highest BCUT2D eigenvalue weighted by Crippen LogP contribution is 2.17. The first-order chi connectivity index (χ1) is 9.26. The Morgan fingerprint density at radius 2 is 2.05 bits per heavy atom. The number of β-amino-alcohol motifs (C(OH)–C–C–N with tert-alkyl or cyclic N) is 1. The number of rotatable bonds is 3. The minimum Gasteiger partial charge on any atom is -0.444 e. The van der Waals surface area contributed by atoms with E-state index in [-0.39, 0.29) is 5.95 Å². The number of nitrogens with zero attached hydrogens (tertiary/aromatic N) is 2. The maximum absolute atomic E-state index is 11.5. The highest BCUT2D eigenvalue weighted by Gasteiger charge is 2.34. The molecule has 1 saturated heterocycles. The summed E-state index contributed by atoms with van der Waals surface area (Å²) in [5.74, 6) is 0.182. The molecular formula is C13H20N4O3. The van der Waals surface area contributed by atoms with Crippen molar-refractivity contribution in [1.29, 1.82) is 0 Å².